The van der Waals surface area contributed by atoms with Crippen molar-refractivity contribution >= 4 is 6.03 Å². The van der Waals surface area contributed by atoms with Gasteiger partial charge in [-0.1, -0.05) is 18.2 Å². The average molecular weight is 367 g/mol. The fraction of sp³-hybridized carbons (Fsp3) is 0.211. The molecule has 0 spiro atoms. The number of primary amides is 1. The Balaban J connectivity index is 1.76. The number of nitrogens with one attached hydrogen (secondary N) is 1. The molecule has 0 fully saturated rings. The Morgan fingerprint density at radius 2 is 2.04 bits per heavy atom. The normalized spacial score (nSPS) is 16.2. The molecule has 0 saturated heterocycles. The van der Waals surface area contributed by atoms with E-state index < -0.39 is 6.03 Å². The molecule has 1 atom stereocenters. The van der Waals surface area contributed by atoms with Crippen LogP contribution in [0.3, 0.4) is 0 Å². The number of aromatic nitrogens is 3. The molecule has 27 heavy (non-hydrogen) atoms. The number of nitrogens with two attached hydrogens (primary N) is 1. The van der Waals surface area contributed by atoms with Crippen LogP contribution in [-0.4, -0.2) is 32.2 Å². The molecule has 8 heteroatoms. The van der Waals surface area contributed by atoms with E-state index in [1.807, 2.05) is 0 Å². The summed E-state index contributed by atoms with van der Waals surface area (Å²) >= 11 is 0. The fourth-order valence-electron chi connectivity index (χ4n) is 3.54. The van der Waals surface area contributed by atoms with E-state index in [1.165, 1.54) is 21.7 Å². The van der Waals surface area contributed by atoms with Crippen molar-refractivity contribution in [1.29, 1.82) is 0 Å². The lowest BCUT2D eigenvalue weighted by atomic mass is 9.89. The smallest absolute Gasteiger partial charge is 0.315 e. The Morgan fingerprint density at radius 1 is 1.26 bits per heavy atom. The lowest BCUT2D eigenvalue weighted by molar-refractivity contribution is 0.194. The Bertz CT molecular complexity index is 1030. The summed E-state index contributed by atoms with van der Waals surface area (Å²) in [5.74, 6) is -0.0931. The standard InChI is InChI=1S/C19H18FN5O2/c20-14-6-4-12(5-7-14)9-13-10-24(19(21)27)11-15-17(13)18(26)25(23-15)16-3-1-2-8-22-16/h1-8,13,23H,9-11H2,(H2,21,27). The van der Waals surface area contributed by atoms with Crippen LogP contribution in [-0.2, 0) is 13.0 Å². The first-order valence-electron chi connectivity index (χ1n) is 8.57. The summed E-state index contributed by atoms with van der Waals surface area (Å²) < 4.78 is 14.6. The summed E-state index contributed by atoms with van der Waals surface area (Å²) in [5, 5.41) is 3.06. The van der Waals surface area contributed by atoms with Crippen molar-refractivity contribution in [2.45, 2.75) is 18.9 Å². The van der Waals surface area contributed by atoms with Crippen LogP contribution in [0.25, 0.3) is 5.82 Å². The van der Waals surface area contributed by atoms with Gasteiger partial charge in [-0.2, -0.15) is 0 Å². The maximum Gasteiger partial charge on any atom is 0.315 e. The lowest BCUT2D eigenvalue weighted by Crippen LogP contribution is -2.42. The molecular weight excluding hydrogens is 349 g/mol. The van der Waals surface area contributed by atoms with Crippen LogP contribution in [0.5, 0.6) is 0 Å². The van der Waals surface area contributed by atoms with Crippen LogP contribution in [0.2, 0.25) is 0 Å². The fourth-order valence-corrected chi connectivity index (χ4v) is 3.54. The summed E-state index contributed by atoms with van der Waals surface area (Å²) in [6.45, 7) is 0.564. The quantitative estimate of drug-likeness (QED) is 0.740. The topological polar surface area (TPSA) is 97.0 Å². The zero-order valence-corrected chi connectivity index (χ0v) is 14.4. The number of nitrogens with zero attached hydrogens (tertiary/aromatic N) is 3. The van der Waals surface area contributed by atoms with Gasteiger partial charge in [-0.3, -0.25) is 9.89 Å². The number of rotatable bonds is 3. The predicted molar refractivity (Wildman–Crippen MR) is 97.0 cm³/mol. The highest BCUT2D eigenvalue weighted by atomic mass is 19.1. The number of hydrogen-bond donors (Lipinski definition) is 2. The first-order valence-corrected chi connectivity index (χ1v) is 8.57. The Hall–Kier alpha value is -3.42. The molecule has 2 amide bonds. The summed E-state index contributed by atoms with van der Waals surface area (Å²) in [6.07, 6.45) is 2.10. The predicted octanol–water partition coefficient (Wildman–Crippen LogP) is 1.92. The minimum atomic E-state index is -0.545. The maximum absolute atomic E-state index is 13.2. The van der Waals surface area contributed by atoms with E-state index >= 15 is 0 Å². The number of pyridine rings is 1. The monoisotopic (exact) mass is 367 g/mol. The SMILES string of the molecule is NC(=O)N1Cc2[nH]n(-c3ccccn3)c(=O)c2C(Cc2ccc(F)cc2)C1. The molecule has 0 aliphatic carbocycles. The Labute approximate surface area is 154 Å². The summed E-state index contributed by atoms with van der Waals surface area (Å²) in [4.78, 5) is 30.5. The average Bonchev–Trinajstić information content (AvgIpc) is 3.01. The van der Waals surface area contributed by atoms with E-state index in [2.05, 4.69) is 10.1 Å². The molecule has 4 rings (SSSR count). The highest BCUT2D eigenvalue weighted by Crippen LogP contribution is 2.28. The zero-order chi connectivity index (χ0) is 19.0. The van der Waals surface area contributed by atoms with E-state index in [0.717, 1.165) is 5.56 Å². The molecule has 0 radical (unpaired) electrons. The van der Waals surface area contributed by atoms with Gasteiger partial charge in [-0.25, -0.2) is 18.9 Å². The van der Waals surface area contributed by atoms with Crippen molar-refractivity contribution in [3.8, 4) is 5.82 Å². The largest absolute Gasteiger partial charge is 0.351 e. The number of carbonyl (C=O) groups excluding carboxylic acids is 1. The zero-order valence-electron chi connectivity index (χ0n) is 14.4. The van der Waals surface area contributed by atoms with E-state index in [-0.39, 0.29) is 23.8 Å². The molecule has 1 aromatic carbocycles. The number of halogens is 1. The van der Waals surface area contributed by atoms with Crippen LogP contribution in [0.4, 0.5) is 9.18 Å². The number of amides is 2. The van der Waals surface area contributed by atoms with Gasteiger partial charge in [0, 0.05) is 24.2 Å². The summed E-state index contributed by atoms with van der Waals surface area (Å²) in [7, 11) is 0. The minimum absolute atomic E-state index is 0.195. The number of carbonyl (C=O) groups is 1. The van der Waals surface area contributed by atoms with Crippen LogP contribution >= 0.6 is 0 Å². The highest BCUT2D eigenvalue weighted by Gasteiger charge is 2.32. The van der Waals surface area contributed by atoms with E-state index in [0.29, 0.717) is 30.0 Å². The van der Waals surface area contributed by atoms with Gasteiger partial charge < -0.3 is 10.6 Å². The summed E-state index contributed by atoms with van der Waals surface area (Å²) in [5.41, 5.74) is 7.42. The minimum Gasteiger partial charge on any atom is -0.351 e. The molecule has 7 nitrogen and oxygen atoms in total. The number of aromatic amines is 1. The Kier molecular flexibility index (Phi) is 4.23. The van der Waals surface area contributed by atoms with Crippen LogP contribution in [0.1, 0.15) is 22.7 Å². The maximum atomic E-state index is 13.2. The molecule has 2 aromatic heterocycles. The lowest BCUT2D eigenvalue weighted by Gasteiger charge is -2.30. The molecule has 0 bridgehead atoms. The van der Waals surface area contributed by atoms with Gasteiger partial charge in [0.1, 0.15) is 5.82 Å². The van der Waals surface area contributed by atoms with E-state index in [4.69, 9.17) is 5.73 Å². The molecule has 3 heterocycles. The van der Waals surface area contributed by atoms with Crippen LogP contribution in [0, 0.1) is 5.82 Å². The third kappa shape index (κ3) is 3.21. The number of urea groups is 1. The molecule has 1 aliphatic heterocycles. The molecule has 3 N–H and O–H groups in total. The molecule has 1 unspecified atom stereocenters. The third-order valence-electron chi connectivity index (χ3n) is 4.79. The van der Waals surface area contributed by atoms with Crippen LogP contribution < -0.4 is 11.3 Å². The molecular formula is C19H18FN5O2. The summed E-state index contributed by atoms with van der Waals surface area (Å²) in [6, 6.07) is 10.9. The highest BCUT2D eigenvalue weighted by molar-refractivity contribution is 5.72. The second-order valence-corrected chi connectivity index (χ2v) is 6.58. The second kappa shape index (κ2) is 6.71. The van der Waals surface area contributed by atoms with Gasteiger partial charge in [-0.05, 0) is 36.2 Å². The van der Waals surface area contributed by atoms with E-state index in [1.54, 1.807) is 36.5 Å². The van der Waals surface area contributed by atoms with Crippen molar-refractivity contribution in [2.24, 2.45) is 5.73 Å². The van der Waals surface area contributed by atoms with Crippen molar-refractivity contribution in [2.75, 3.05) is 6.54 Å². The number of H-pyrrole nitrogens is 1. The van der Waals surface area contributed by atoms with Crippen molar-refractivity contribution in [3.05, 3.63) is 81.7 Å². The molecule has 138 valence electrons. The van der Waals surface area contributed by atoms with Gasteiger partial charge in [-0.15, -0.1) is 0 Å². The Morgan fingerprint density at radius 3 is 2.70 bits per heavy atom. The van der Waals surface area contributed by atoms with E-state index in [9.17, 15) is 14.0 Å². The molecule has 1 aliphatic rings. The molecule has 3 aromatic rings. The van der Waals surface area contributed by atoms with Crippen molar-refractivity contribution in [3.63, 3.8) is 0 Å². The van der Waals surface area contributed by atoms with Gasteiger partial charge in [0.05, 0.1) is 12.2 Å². The third-order valence-corrected chi connectivity index (χ3v) is 4.79. The van der Waals surface area contributed by atoms with Gasteiger partial charge in [0.2, 0.25) is 0 Å². The van der Waals surface area contributed by atoms with Gasteiger partial charge in [0.15, 0.2) is 5.82 Å². The van der Waals surface area contributed by atoms with Gasteiger partial charge >= 0.3 is 6.03 Å². The second-order valence-electron chi connectivity index (χ2n) is 6.58. The number of benzene rings is 1. The first-order chi connectivity index (χ1) is 13.0. The molecule has 0 saturated carbocycles. The number of hydrogen-bond acceptors (Lipinski definition) is 3. The van der Waals surface area contributed by atoms with Crippen molar-refractivity contribution in [1.82, 2.24) is 19.7 Å². The number of fused-ring (bicyclic) bond motifs is 1. The first kappa shape index (κ1) is 17.0. The van der Waals surface area contributed by atoms with Crippen molar-refractivity contribution < 1.29 is 9.18 Å². The van der Waals surface area contributed by atoms with Crippen LogP contribution in [0.15, 0.2) is 53.5 Å². The van der Waals surface area contributed by atoms with Gasteiger partial charge in [0.25, 0.3) is 5.56 Å².